The van der Waals surface area contributed by atoms with E-state index in [1.54, 1.807) is 0 Å². The minimum absolute atomic E-state index is 0. The van der Waals surface area contributed by atoms with E-state index in [1.807, 2.05) is 0 Å². The summed E-state index contributed by atoms with van der Waals surface area (Å²) in [5.41, 5.74) is 0.419. The Morgan fingerprint density at radius 3 is 2.05 bits per heavy atom. The van der Waals surface area contributed by atoms with Crippen molar-refractivity contribution in [2.24, 2.45) is 17.8 Å². The maximum Gasteiger partial charge on any atom is 0.306 e. The molecule has 0 saturated heterocycles. The quantitative estimate of drug-likeness (QED) is 0.745. The third-order valence-electron chi connectivity index (χ3n) is 5.69. The predicted octanol–water partition coefficient (Wildman–Crippen LogP) is 2.87. The van der Waals surface area contributed by atoms with E-state index in [0.29, 0.717) is 12.0 Å². The first kappa shape index (κ1) is 15.1. The fraction of sp³-hybridized carbons (Fsp3) is 0.933. The van der Waals surface area contributed by atoms with Gasteiger partial charge in [0, 0.05) is 12.1 Å². The van der Waals surface area contributed by atoms with Gasteiger partial charge >= 0.3 is 5.97 Å². The van der Waals surface area contributed by atoms with Crippen LogP contribution < -0.4 is 0 Å². The Morgan fingerprint density at radius 2 is 1.63 bits per heavy atom. The molecule has 0 aromatic carbocycles. The Bertz CT molecular complexity index is 310. The largest absolute Gasteiger partial charge is 0.469 e. The number of carbonyl (C=O) groups excluding carboxylic acids is 1. The molecule has 0 spiro atoms. The zero-order valence-electron chi connectivity index (χ0n) is 12.1. The average molecular weight is 288 g/mol. The van der Waals surface area contributed by atoms with E-state index in [9.17, 15) is 4.79 Å². The number of ether oxygens (including phenoxy) is 1. The van der Waals surface area contributed by atoms with Gasteiger partial charge in [-0.3, -0.25) is 4.79 Å². The molecule has 0 radical (unpaired) electrons. The molecule has 3 nitrogen and oxygen atoms in total. The molecule has 4 saturated carbocycles. The summed E-state index contributed by atoms with van der Waals surface area (Å²) in [5.74, 6) is 2.83. The normalized spacial score (nSPS) is 39.2. The van der Waals surface area contributed by atoms with Crippen LogP contribution in [-0.4, -0.2) is 37.1 Å². The highest BCUT2D eigenvalue weighted by molar-refractivity contribution is 5.85. The number of carbonyl (C=O) groups is 1. The van der Waals surface area contributed by atoms with Gasteiger partial charge in [0.05, 0.1) is 13.5 Å². The number of esters is 1. The van der Waals surface area contributed by atoms with Crippen LogP contribution in [0.25, 0.3) is 0 Å². The maximum absolute atomic E-state index is 11.3. The van der Waals surface area contributed by atoms with Crippen molar-refractivity contribution < 1.29 is 9.53 Å². The van der Waals surface area contributed by atoms with E-state index < -0.39 is 0 Å². The van der Waals surface area contributed by atoms with Gasteiger partial charge in [0.25, 0.3) is 0 Å². The number of rotatable bonds is 4. The molecule has 110 valence electrons. The van der Waals surface area contributed by atoms with Crippen LogP contribution in [0.15, 0.2) is 0 Å². The fourth-order valence-electron chi connectivity index (χ4n) is 5.13. The van der Waals surface area contributed by atoms with Crippen LogP contribution >= 0.6 is 12.4 Å². The number of methoxy groups -OCH3 is 1. The van der Waals surface area contributed by atoms with Crippen LogP contribution in [0.3, 0.4) is 0 Å². The molecular formula is C15H26ClNO2. The Labute approximate surface area is 122 Å². The molecule has 4 aliphatic rings. The van der Waals surface area contributed by atoms with E-state index in [4.69, 9.17) is 4.74 Å². The Hall–Kier alpha value is -0.280. The van der Waals surface area contributed by atoms with E-state index in [-0.39, 0.29) is 18.4 Å². The van der Waals surface area contributed by atoms with Crippen LogP contribution in [0.4, 0.5) is 0 Å². The number of hydrogen-bond donors (Lipinski definition) is 0. The molecular weight excluding hydrogens is 262 g/mol. The van der Waals surface area contributed by atoms with Crippen molar-refractivity contribution in [2.45, 2.75) is 50.5 Å². The maximum atomic E-state index is 11.3. The lowest BCUT2D eigenvalue weighted by atomic mass is 9.52. The van der Waals surface area contributed by atoms with E-state index in [2.05, 4.69) is 11.9 Å². The van der Waals surface area contributed by atoms with Crippen LogP contribution in [0.2, 0.25) is 0 Å². The smallest absolute Gasteiger partial charge is 0.306 e. The Morgan fingerprint density at radius 1 is 1.16 bits per heavy atom. The van der Waals surface area contributed by atoms with Crippen LogP contribution in [0, 0.1) is 17.8 Å². The summed E-state index contributed by atoms with van der Waals surface area (Å²) >= 11 is 0. The summed E-state index contributed by atoms with van der Waals surface area (Å²) in [6.07, 6.45) is 9.08. The topological polar surface area (TPSA) is 29.5 Å². The minimum Gasteiger partial charge on any atom is -0.469 e. The highest BCUT2D eigenvalue weighted by Crippen LogP contribution is 2.57. The Kier molecular flexibility index (Phi) is 4.46. The van der Waals surface area contributed by atoms with Crippen molar-refractivity contribution in [3.63, 3.8) is 0 Å². The first-order chi connectivity index (χ1) is 8.61. The standard InChI is InChI=1S/C15H25NO2.ClH/c1-16(4-3-14(17)18-2)15-8-11-5-12(9-15)7-13(6-11)10-15;/h11-13H,3-10H2,1-2H3;1H. The van der Waals surface area contributed by atoms with Crippen molar-refractivity contribution in [3.05, 3.63) is 0 Å². The van der Waals surface area contributed by atoms with Crippen molar-refractivity contribution in [3.8, 4) is 0 Å². The summed E-state index contributed by atoms with van der Waals surface area (Å²) < 4.78 is 4.75. The third kappa shape index (κ3) is 2.78. The van der Waals surface area contributed by atoms with Crippen molar-refractivity contribution in [2.75, 3.05) is 20.7 Å². The first-order valence-corrected chi connectivity index (χ1v) is 7.39. The number of nitrogens with zero attached hydrogens (tertiary/aromatic N) is 1. The van der Waals surface area contributed by atoms with Gasteiger partial charge in [0.2, 0.25) is 0 Å². The van der Waals surface area contributed by atoms with E-state index in [1.165, 1.54) is 45.6 Å². The lowest BCUT2D eigenvalue weighted by Crippen LogP contribution is -2.59. The van der Waals surface area contributed by atoms with Gasteiger partial charge in [0.1, 0.15) is 0 Å². The van der Waals surface area contributed by atoms with Crippen molar-refractivity contribution in [1.82, 2.24) is 4.90 Å². The zero-order valence-corrected chi connectivity index (χ0v) is 12.9. The zero-order chi connectivity index (χ0) is 12.8. The molecule has 0 amide bonds. The molecule has 0 aliphatic heterocycles. The molecule has 0 atom stereocenters. The van der Waals surface area contributed by atoms with Gasteiger partial charge < -0.3 is 9.64 Å². The molecule has 4 heteroatoms. The summed E-state index contributed by atoms with van der Waals surface area (Å²) in [7, 11) is 3.70. The van der Waals surface area contributed by atoms with Gasteiger partial charge in [0.15, 0.2) is 0 Å². The molecule has 0 heterocycles. The lowest BCUT2D eigenvalue weighted by molar-refractivity contribution is -0.142. The molecule has 0 unspecified atom stereocenters. The van der Waals surface area contributed by atoms with Crippen LogP contribution in [-0.2, 0) is 9.53 Å². The second-order valence-corrected chi connectivity index (χ2v) is 6.89. The average Bonchev–Trinajstić information content (AvgIpc) is 2.33. The highest BCUT2D eigenvalue weighted by Gasteiger charge is 2.52. The van der Waals surface area contributed by atoms with Crippen LogP contribution in [0.1, 0.15) is 44.9 Å². The SMILES string of the molecule is COC(=O)CCN(C)C12CC3CC(CC(C3)C1)C2.Cl. The number of hydrogen-bond acceptors (Lipinski definition) is 3. The second-order valence-electron chi connectivity index (χ2n) is 6.89. The lowest BCUT2D eigenvalue weighted by Gasteiger charge is -2.60. The van der Waals surface area contributed by atoms with Crippen molar-refractivity contribution >= 4 is 18.4 Å². The van der Waals surface area contributed by atoms with Crippen molar-refractivity contribution in [1.29, 1.82) is 0 Å². The van der Waals surface area contributed by atoms with Gasteiger partial charge in [-0.1, -0.05) is 0 Å². The Balaban J connectivity index is 0.00000133. The number of halogens is 1. The van der Waals surface area contributed by atoms with E-state index in [0.717, 1.165) is 24.3 Å². The van der Waals surface area contributed by atoms with Gasteiger partial charge in [-0.05, 0) is 63.3 Å². The molecule has 4 bridgehead atoms. The minimum atomic E-state index is -0.0772. The summed E-state index contributed by atoms with van der Waals surface area (Å²) in [6, 6.07) is 0. The first-order valence-electron chi connectivity index (χ1n) is 7.39. The van der Waals surface area contributed by atoms with Gasteiger partial charge in [-0.2, -0.15) is 0 Å². The molecule has 0 N–H and O–H groups in total. The monoisotopic (exact) mass is 287 g/mol. The molecule has 19 heavy (non-hydrogen) atoms. The summed E-state index contributed by atoms with van der Waals surface area (Å²) in [5, 5.41) is 0. The van der Waals surface area contributed by atoms with Gasteiger partial charge in [-0.25, -0.2) is 0 Å². The molecule has 4 rings (SSSR count). The fourth-order valence-corrected chi connectivity index (χ4v) is 5.13. The second kappa shape index (κ2) is 5.61. The molecule has 4 fully saturated rings. The van der Waals surface area contributed by atoms with Crippen LogP contribution in [0.5, 0.6) is 0 Å². The molecule has 4 aliphatic carbocycles. The molecule has 0 aromatic rings. The summed E-state index contributed by atoms with van der Waals surface area (Å²) in [4.78, 5) is 13.8. The third-order valence-corrected chi connectivity index (χ3v) is 5.69. The molecule has 0 aromatic heterocycles. The highest BCUT2D eigenvalue weighted by atomic mass is 35.5. The van der Waals surface area contributed by atoms with Gasteiger partial charge in [-0.15, -0.1) is 12.4 Å². The summed E-state index contributed by atoms with van der Waals surface area (Å²) in [6.45, 7) is 0.860. The predicted molar refractivity (Wildman–Crippen MR) is 77.4 cm³/mol. The van der Waals surface area contributed by atoms with E-state index >= 15 is 0 Å².